The number of amides is 1. The highest BCUT2D eigenvalue weighted by molar-refractivity contribution is 6.02. The fourth-order valence-electron chi connectivity index (χ4n) is 3.05. The van der Waals surface area contributed by atoms with Gasteiger partial charge in [-0.1, -0.05) is 24.3 Å². The molecule has 0 aliphatic carbocycles. The van der Waals surface area contributed by atoms with Gasteiger partial charge < -0.3 is 10.5 Å². The Morgan fingerprint density at radius 1 is 1.18 bits per heavy atom. The first kappa shape index (κ1) is 22.6. The van der Waals surface area contributed by atoms with Gasteiger partial charge in [0.05, 0.1) is 12.3 Å². The highest BCUT2D eigenvalue weighted by atomic mass is 19.1. The molecular weight excluding hydrogens is 443 g/mol. The lowest BCUT2D eigenvalue weighted by atomic mass is 10.1. The maximum Gasteiger partial charge on any atom is 0.294 e. The predicted molar refractivity (Wildman–Crippen MR) is 121 cm³/mol. The van der Waals surface area contributed by atoms with E-state index in [0.717, 1.165) is 6.42 Å². The molecule has 12 heteroatoms. The Kier molecular flexibility index (Phi) is 6.57. The molecule has 4 aromatic rings. The first-order chi connectivity index (χ1) is 16.5. The smallest absolute Gasteiger partial charge is 0.294 e. The summed E-state index contributed by atoms with van der Waals surface area (Å²) in [5, 5.41) is 19.5. The molecule has 11 nitrogen and oxygen atoms in total. The Morgan fingerprint density at radius 3 is 2.56 bits per heavy atom. The summed E-state index contributed by atoms with van der Waals surface area (Å²) < 4.78 is 24.7. The van der Waals surface area contributed by atoms with Crippen LogP contribution < -0.4 is 15.9 Å². The predicted octanol–water partition coefficient (Wildman–Crippen LogP) is 2.98. The second kappa shape index (κ2) is 9.90. The molecule has 0 unspecified atom stereocenters. The summed E-state index contributed by atoms with van der Waals surface area (Å²) in [6, 6.07) is 12.8. The number of ether oxygens (including phenoxy) is 1. The van der Waals surface area contributed by atoms with Crippen LogP contribution in [-0.4, -0.2) is 43.5 Å². The van der Waals surface area contributed by atoms with Crippen molar-refractivity contribution in [3.8, 4) is 22.8 Å². The number of nitrogens with two attached hydrogens (primary N) is 1. The molecule has 34 heavy (non-hydrogen) atoms. The van der Waals surface area contributed by atoms with Crippen molar-refractivity contribution in [2.75, 3.05) is 12.3 Å². The molecule has 2 aromatic heterocycles. The molecule has 2 aromatic carbocycles. The van der Waals surface area contributed by atoms with Gasteiger partial charge in [-0.3, -0.25) is 4.79 Å². The summed E-state index contributed by atoms with van der Waals surface area (Å²) in [7, 11) is 0. The van der Waals surface area contributed by atoms with E-state index < -0.39 is 5.91 Å². The molecule has 0 fully saturated rings. The summed E-state index contributed by atoms with van der Waals surface area (Å²) in [6.07, 6.45) is 0.874. The number of hydrazone groups is 1. The van der Waals surface area contributed by atoms with E-state index in [1.54, 1.807) is 43.3 Å². The lowest BCUT2D eigenvalue weighted by Crippen LogP contribution is -2.21. The van der Waals surface area contributed by atoms with Gasteiger partial charge in [-0.25, -0.2) is 14.4 Å². The Labute approximate surface area is 193 Å². The molecule has 1 amide bonds. The van der Waals surface area contributed by atoms with E-state index in [1.165, 1.54) is 16.8 Å². The standard InChI is InChI=1S/C22H21FN8O3/c1-3-12-33-17-10-6-15(7-11-17)19-18(26-30-31(19)21-20(24)28-34-29-21)22(32)27-25-13(2)14-4-8-16(23)9-5-14/h4-11H,3,12H2,1-2H3,(H2,24,28)(H,27,32)/b25-13+. The number of rotatable bonds is 8. The van der Waals surface area contributed by atoms with E-state index in [1.807, 2.05) is 6.92 Å². The van der Waals surface area contributed by atoms with Crippen LogP contribution in [0, 0.1) is 5.82 Å². The quantitative estimate of drug-likeness (QED) is 0.299. The number of benzene rings is 2. The van der Waals surface area contributed by atoms with Crippen LogP contribution in [0.15, 0.2) is 58.3 Å². The Bertz CT molecular complexity index is 1310. The van der Waals surface area contributed by atoms with Crippen molar-refractivity contribution in [1.82, 2.24) is 30.7 Å². The van der Waals surface area contributed by atoms with Crippen molar-refractivity contribution < 1.29 is 18.6 Å². The average Bonchev–Trinajstić information content (AvgIpc) is 3.47. The van der Waals surface area contributed by atoms with Gasteiger partial charge in [0.15, 0.2) is 5.69 Å². The topological polar surface area (TPSA) is 146 Å². The third kappa shape index (κ3) is 4.75. The Balaban J connectivity index is 1.67. The van der Waals surface area contributed by atoms with Gasteiger partial charge in [0.1, 0.15) is 17.3 Å². The minimum Gasteiger partial charge on any atom is -0.494 e. The van der Waals surface area contributed by atoms with E-state index in [0.29, 0.717) is 34.9 Å². The molecule has 0 bridgehead atoms. The Morgan fingerprint density at radius 2 is 1.91 bits per heavy atom. The van der Waals surface area contributed by atoms with Gasteiger partial charge >= 0.3 is 0 Å². The second-order valence-electron chi connectivity index (χ2n) is 7.19. The molecule has 0 saturated carbocycles. The lowest BCUT2D eigenvalue weighted by Gasteiger charge is -2.08. The fourth-order valence-corrected chi connectivity index (χ4v) is 3.05. The SMILES string of the molecule is CCCOc1ccc(-c2c(C(=O)N/N=C(\C)c3ccc(F)cc3)nnn2-c2nonc2N)cc1. The number of halogens is 1. The number of carbonyl (C=O) groups is 1. The van der Waals surface area contributed by atoms with E-state index in [9.17, 15) is 9.18 Å². The van der Waals surface area contributed by atoms with Crippen LogP contribution in [0.25, 0.3) is 17.1 Å². The number of hydrogen-bond acceptors (Lipinski definition) is 9. The van der Waals surface area contributed by atoms with Crippen molar-refractivity contribution >= 4 is 17.4 Å². The summed E-state index contributed by atoms with van der Waals surface area (Å²) in [4.78, 5) is 13.0. The molecular formula is C22H21FN8O3. The van der Waals surface area contributed by atoms with Crippen molar-refractivity contribution in [1.29, 1.82) is 0 Å². The van der Waals surface area contributed by atoms with Gasteiger partial charge in [-0.2, -0.15) is 9.78 Å². The molecule has 0 spiro atoms. The van der Waals surface area contributed by atoms with Crippen LogP contribution >= 0.6 is 0 Å². The van der Waals surface area contributed by atoms with E-state index in [-0.39, 0.29) is 23.1 Å². The number of carbonyl (C=O) groups excluding carboxylic acids is 1. The summed E-state index contributed by atoms with van der Waals surface area (Å²) >= 11 is 0. The van der Waals surface area contributed by atoms with E-state index in [4.69, 9.17) is 10.5 Å². The molecule has 0 aliphatic rings. The monoisotopic (exact) mass is 464 g/mol. The normalized spacial score (nSPS) is 11.4. The van der Waals surface area contributed by atoms with Crippen LogP contribution in [0.1, 0.15) is 36.3 Å². The van der Waals surface area contributed by atoms with Crippen LogP contribution in [0.2, 0.25) is 0 Å². The molecule has 0 saturated heterocycles. The van der Waals surface area contributed by atoms with E-state index in [2.05, 4.69) is 35.8 Å². The van der Waals surface area contributed by atoms with Crippen LogP contribution in [0.5, 0.6) is 5.75 Å². The van der Waals surface area contributed by atoms with Gasteiger partial charge in [-0.05, 0) is 65.6 Å². The number of nitrogens with one attached hydrogen (secondary N) is 1. The molecule has 174 valence electrons. The maximum absolute atomic E-state index is 13.2. The molecule has 0 radical (unpaired) electrons. The van der Waals surface area contributed by atoms with Crippen molar-refractivity contribution in [3.05, 3.63) is 65.6 Å². The number of aromatic nitrogens is 5. The van der Waals surface area contributed by atoms with Crippen LogP contribution in [0.3, 0.4) is 0 Å². The lowest BCUT2D eigenvalue weighted by molar-refractivity contribution is 0.0950. The molecule has 0 atom stereocenters. The second-order valence-corrected chi connectivity index (χ2v) is 7.19. The zero-order valence-corrected chi connectivity index (χ0v) is 18.4. The van der Waals surface area contributed by atoms with Gasteiger partial charge in [-0.15, -0.1) is 5.10 Å². The third-order valence-electron chi connectivity index (χ3n) is 4.77. The van der Waals surface area contributed by atoms with Crippen molar-refractivity contribution in [3.63, 3.8) is 0 Å². The van der Waals surface area contributed by atoms with Gasteiger partial charge in [0, 0.05) is 5.56 Å². The maximum atomic E-state index is 13.2. The first-order valence-corrected chi connectivity index (χ1v) is 10.4. The zero-order valence-electron chi connectivity index (χ0n) is 18.4. The third-order valence-corrected chi connectivity index (χ3v) is 4.77. The average molecular weight is 464 g/mol. The molecule has 0 aliphatic heterocycles. The largest absolute Gasteiger partial charge is 0.494 e. The van der Waals surface area contributed by atoms with Crippen LogP contribution in [0.4, 0.5) is 10.2 Å². The molecule has 2 heterocycles. The number of nitrogens with zero attached hydrogens (tertiary/aromatic N) is 6. The summed E-state index contributed by atoms with van der Waals surface area (Å²) in [5.41, 5.74) is 10.3. The minimum atomic E-state index is -0.621. The highest BCUT2D eigenvalue weighted by Crippen LogP contribution is 2.28. The number of anilines is 1. The summed E-state index contributed by atoms with van der Waals surface area (Å²) in [6.45, 7) is 4.28. The summed E-state index contributed by atoms with van der Waals surface area (Å²) in [5.74, 6) is -0.249. The minimum absolute atomic E-state index is 0.0221. The van der Waals surface area contributed by atoms with Gasteiger partial charge in [0.2, 0.25) is 11.6 Å². The van der Waals surface area contributed by atoms with E-state index >= 15 is 0 Å². The van der Waals surface area contributed by atoms with Gasteiger partial charge in [0.25, 0.3) is 5.91 Å². The van der Waals surface area contributed by atoms with Crippen molar-refractivity contribution in [2.24, 2.45) is 5.10 Å². The Hall–Kier alpha value is -4.61. The van der Waals surface area contributed by atoms with Crippen LogP contribution in [-0.2, 0) is 0 Å². The molecule has 3 N–H and O–H groups in total. The molecule has 4 rings (SSSR count). The highest BCUT2D eigenvalue weighted by Gasteiger charge is 2.25. The first-order valence-electron chi connectivity index (χ1n) is 10.4. The number of nitrogen functional groups attached to an aromatic ring is 1. The van der Waals surface area contributed by atoms with Crippen molar-refractivity contribution in [2.45, 2.75) is 20.3 Å². The zero-order chi connectivity index (χ0) is 24.1. The fraction of sp³-hybridized carbons (Fsp3) is 0.182. The number of hydrogen-bond donors (Lipinski definition) is 2.